The highest BCUT2D eigenvalue weighted by atomic mass is 16.5. The fraction of sp³-hybridized carbons (Fsp3) is 0.346. The zero-order chi connectivity index (χ0) is 23.7. The minimum Gasteiger partial charge on any atom is -0.465 e. The van der Waals surface area contributed by atoms with Crippen molar-refractivity contribution in [1.82, 2.24) is 9.80 Å². The van der Waals surface area contributed by atoms with Gasteiger partial charge in [-0.3, -0.25) is 9.59 Å². The van der Waals surface area contributed by atoms with Crippen LogP contribution >= 0.6 is 0 Å². The number of esters is 1. The average molecular weight is 449 g/mol. The largest absolute Gasteiger partial charge is 0.465 e. The van der Waals surface area contributed by atoms with Gasteiger partial charge in [0.2, 0.25) is 5.76 Å². The fourth-order valence-electron chi connectivity index (χ4n) is 4.34. The number of amides is 1. The Balaban J connectivity index is 1.85. The highest BCUT2D eigenvalue weighted by Crippen LogP contribution is 2.38. The molecule has 172 valence electrons. The van der Waals surface area contributed by atoms with Gasteiger partial charge in [-0.1, -0.05) is 25.1 Å². The summed E-state index contributed by atoms with van der Waals surface area (Å²) < 4.78 is 10.8. The monoisotopic (exact) mass is 448 g/mol. The maximum absolute atomic E-state index is 13.6. The van der Waals surface area contributed by atoms with Crippen LogP contribution in [0.1, 0.15) is 57.0 Å². The molecule has 0 fully saturated rings. The number of hydrogen-bond acceptors (Lipinski definition) is 6. The minimum atomic E-state index is -0.577. The van der Waals surface area contributed by atoms with E-state index >= 15 is 0 Å². The zero-order valence-corrected chi connectivity index (χ0v) is 19.4. The summed E-state index contributed by atoms with van der Waals surface area (Å²) in [6.45, 7) is 3.30. The molecule has 1 atom stereocenters. The summed E-state index contributed by atoms with van der Waals surface area (Å²) in [5.74, 6) is -0.627. The summed E-state index contributed by atoms with van der Waals surface area (Å²) in [6.07, 6.45) is 1.54. The number of aryl methyl sites for hydroxylation is 1. The molecule has 0 radical (unpaired) electrons. The van der Waals surface area contributed by atoms with Gasteiger partial charge in [-0.25, -0.2) is 4.79 Å². The number of carbonyl (C=O) groups excluding carboxylic acids is 2. The Morgan fingerprint density at radius 2 is 1.85 bits per heavy atom. The normalized spacial score (nSPS) is 15.4. The van der Waals surface area contributed by atoms with Crippen LogP contribution in [0.15, 0.2) is 51.7 Å². The second kappa shape index (κ2) is 9.19. The summed E-state index contributed by atoms with van der Waals surface area (Å²) in [7, 11) is 5.29. The van der Waals surface area contributed by atoms with Gasteiger partial charge >= 0.3 is 5.97 Å². The van der Waals surface area contributed by atoms with Crippen molar-refractivity contribution in [3.05, 3.63) is 80.7 Å². The van der Waals surface area contributed by atoms with Crippen LogP contribution in [0.5, 0.6) is 0 Å². The van der Waals surface area contributed by atoms with Crippen molar-refractivity contribution in [2.45, 2.75) is 25.8 Å². The second-order valence-electron chi connectivity index (χ2n) is 8.53. The number of rotatable bonds is 7. The van der Waals surface area contributed by atoms with Crippen LogP contribution in [0.2, 0.25) is 0 Å². The maximum Gasteiger partial charge on any atom is 0.337 e. The molecular formula is C26H28N2O5. The van der Waals surface area contributed by atoms with Gasteiger partial charge in [-0.2, -0.15) is 0 Å². The molecule has 3 aromatic rings. The summed E-state index contributed by atoms with van der Waals surface area (Å²) in [4.78, 5) is 42.7. The quantitative estimate of drug-likeness (QED) is 0.514. The van der Waals surface area contributed by atoms with E-state index < -0.39 is 12.0 Å². The molecule has 0 aliphatic carbocycles. The van der Waals surface area contributed by atoms with Crippen molar-refractivity contribution in [3.63, 3.8) is 0 Å². The van der Waals surface area contributed by atoms with Crippen LogP contribution in [-0.2, 0) is 11.2 Å². The Bertz CT molecular complexity index is 1260. The van der Waals surface area contributed by atoms with Gasteiger partial charge in [-0.05, 0) is 68.9 Å². The van der Waals surface area contributed by atoms with E-state index in [1.54, 1.807) is 35.2 Å². The molecule has 1 unspecified atom stereocenters. The predicted octanol–water partition coefficient (Wildman–Crippen LogP) is 3.64. The predicted molar refractivity (Wildman–Crippen MR) is 126 cm³/mol. The van der Waals surface area contributed by atoms with E-state index in [-0.39, 0.29) is 17.1 Å². The lowest BCUT2D eigenvalue weighted by Gasteiger charge is -2.25. The second-order valence-corrected chi connectivity index (χ2v) is 8.53. The fourth-order valence-corrected chi connectivity index (χ4v) is 4.34. The molecule has 0 spiro atoms. The van der Waals surface area contributed by atoms with Gasteiger partial charge in [0.25, 0.3) is 5.91 Å². The van der Waals surface area contributed by atoms with Crippen LogP contribution in [0.4, 0.5) is 0 Å². The topological polar surface area (TPSA) is 80.1 Å². The maximum atomic E-state index is 13.6. The first-order valence-electron chi connectivity index (χ1n) is 11.1. The molecule has 7 nitrogen and oxygen atoms in total. The van der Waals surface area contributed by atoms with Crippen molar-refractivity contribution in [2.24, 2.45) is 0 Å². The summed E-state index contributed by atoms with van der Waals surface area (Å²) in [6, 6.07) is 11.8. The van der Waals surface area contributed by atoms with Crippen LogP contribution in [-0.4, -0.2) is 56.0 Å². The van der Waals surface area contributed by atoms with Gasteiger partial charge in [-0.15, -0.1) is 0 Å². The molecule has 2 aromatic carbocycles. The first-order valence-corrected chi connectivity index (χ1v) is 11.1. The van der Waals surface area contributed by atoms with Crippen molar-refractivity contribution in [3.8, 4) is 0 Å². The molecule has 33 heavy (non-hydrogen) atoms. The highest BCUT2D eigenvalue weighted by Gasteiger charge is 2.42. The van der Waals surface area contributed by atoms with Crippen molar-refractivity contribution >= 4 is 22.8 Å². The number of methoxy groups -OCH3 is 1. The first kappa shape index (κ1) is 22.7. The Kier molecular flexibility index (Phi) is 6.33. The highest BCUT2D eigenvalue weighted by molar-refractivity contribution is 5.99. The summed E-state index contributed by atoms with van der Waals surface area (Å²) in [5.41, 5.74) is 2.77. The third kappa shape index (κ3) is 4.16. The van der Waals surface area contributed by atoms with Gasteiger partial charge < -0.3 is 19.0 Å². The standard InChI is InChI=1S/C26H28N2O5/c1-5-16-7-12-20-19(15-16)23(29)21-22(17-8-10-18(11-9-17)26(31)32-4)28(14-6-13-27(2)3)25(30)24(21)33-20/h7-12,15,22H,5-6,13-14H2,1-4H3. The molecule has 1 aliphatic heterocycles. The molecule has 1 amide bonds. The van der Waals surface area contributed by atoms with Gasteiger partial charge in [0.1, 0.15) is 5.58 Å². The number of carbonyl (C=O) groups is 2. The average Bonchev–Trinajstić information content (AvgIpc) is 3.10. The number of fused-ring (bicyclic) bond motifs is 2. The lowest BCUT2D eigenvalue weighted by molar-refractivity contribution is 0.0600. The number of nitrogens with zero attached hydrogens (tertiary/aromatic N) is 2. The van der Waals surface area contributed by atoms with Gasteiger partial charge in [0, 0.05) is 6.54 Å². The summed E-state index contributed by atoms with van der Waals surface area (Å²) in [5, 5.41) is 0.479. The number of hydrogen-bond donors (Lipinski definition) is 0. The molecule has 0 saturated heterocycles. The molecular weight excluding hydrogens is 420 g/mol. The SMILES string of the molecule is CCc1ccc2oc3c(c(=O)c2c1)C(c1ccc(C(=O)OC)cc1)N(CCCN(C)C)C3=O. The van der Waals surface area contributed by atoms with E-state index in [1.807, 2.05) is 33.2 Å². The molecule has 2 heterocycles. The molecule has 0 N–H and O–H groups in total. The molecule has 7 heteroatoms. The Morgan fingerprint density at radius 3 is 2.48 bits per heavy atom. The zero-order valence-electron chi connectivity index (χ0n) is 19.4. The van der Waals surface area contributed by atoms with E-state index in [9.17, 15) is 14.4 Å². The Morgan fingerprint density at radius 1 is 1.12 bits per heavy atom. The van der Waals surface area contributed by atoms with Crippen LogP contribution < -0.4 is 5.43 Å². The number of ether oxygens (including phenoxy) is 1. The molecule has 4 rings (SSSR count). The number of benzene rings is 2. The molecule has 1 aromatic heterocycles. The smallest absolute Gasteiger partial charge is 0.337 e. The first-order chi connectivity index (χ1) is 15.8. The molecule has 0 bridgehead atoms. The van der Waals surface area contributed by atoms with Crippen molar-refractivity contribution < 1.29 is 18.7 Å². The lowest BCUT2D eigenvalue weighted by atomic mass is 9.97. The van der Waals surface area contributed by atoms with Gasteiger partial charge in [0.05, 0.1) is 29.7 Å². The Labute approximate surface area is 192 Å². The van der Waals surface area contributed by atoms with E-state index in [0.717, 1.165) is 30.5 Å². The van der Waals surface area contributed by atoms with E-state index in [0.29, 0.717) is 28.6 Å². The summed E-state index contributed by atoms with van der Waals surface area (Å²) >= 11 is 0. The Hall–Kier alpha value is -3.45. The van der Waals surface area contributed by atoms with E-state index in [1.165, 1.54) is 7.11 Å². The van der Waals surface area contributed by atoms with E-state index in [2.05, 4.69) is 4.90 Å². The third-order valence-corrected chi connectivity index (χ3v) is 6.09. The van der Waals surface area contributed by atoms with Crippen LogP contribution in [0.3, 0.4) is 0 Å². The van der Waals surface area contributed by atoms with Crippen LogP contribution in [0, 0.1) is 0 Å². The van der Waals surface area contributed by atoms with E-state index in [4.69, 9.17) is 9.15 Å². The van der Waals surface area contributed by atoms with Crippen LogP contribution in [0.25, 0.3) is 11.0 Å². The minimum absolute atomic E-state index is 0.101. The van der Waals surface area contributed by atoms with Crippen molar-refractivity contribution in [2.75, 3.05) is 34.3 Å². The molecule has 1 aliphatic rings. The van der Waals surface area contributed by atoms with Crippen molar-refractivity contribution in [1.29, 1.82) is 0 Å². The third-order valence-electron chi connectivity index (χ3n) is 6.09. The molecule has 0 saturated carbocycles. The lowest BCUT2D eigenvalue weighted by Crippen LogP contribution is -2.32. The van der Waals surface area contributed by atoms with Gasteiger partial charge in [0.15, 0.2) is 5.43 Å².